The summed E-state index contributed by atoms with van der Waals surface area (Å²) < 4.78 is 7.70. The smallest absolute Gasteiger partial charge is 0.197 e. The number of anilines is 1. The number of methoxy groups -OCH3 is 1. The number of nitrogens with zero attached hydrogens (tertiary/aromatic N) is 1. The molecule has 0 bridgehead atoms. The van der Waals surface area contributed by atoms with Crippen molar-refractivity contribution in [1.82, 2.24) is 9.66 Å². The fraction of sp³-hybridized carbons (Fsp3) is 0.118. The summed E-state index contributed by atoms with van der Waals surface area (Å²) in [6, 6.07) is 17.9. The molecular formula is C17H17N3OS. The number of aromatic nitrogens is 2. The van der Waals surface area contributed by atoms with Crippen molar-refractivity contribution in [2.24, 2.45) is 0 Å². The molecule has 0 spiro atoms. The first-order valence-electron chi connectivity index (χ1n) is 6.97. The molecule has 0 radical (unpaired) electrons. The van der Waals surface area contributed by atoms with Gasteiger partial charge in [-0.05, 0) is 43.4 Å². The van der Waals surface area contributed by atoms with Crippen LogP contribution in [-0.4, -0.2) is 16.8 Å². The van der Waals surface area contributed by atoms with Gasteiger partial charge in [0.25, 0.3) is 0 Å². The predicted molar refractivity (Wildman–Crippen MR) is 91.8 cm³/mol. The van der Waals surface area contributed by atoms with Crippen molar-refractivity contribution in [2.45, 2.75) is 6.92 Å². The molecule has 0 saturated carbocycles. The van der Waals surface area contributed by atoms with Crippen molar-refractivity contribution in [3.63, 3.8) is 0 Å². The topological polar surface area (TPSA) is 42.0 Å². The minimum absolute atomic E-state index is 0.632. The number of aromatic amines is 1. The number of H-pyrrole nitrogens is 1. The van der Waals surface area contributed by atoms with Gasteiger partial charge in [0, 0.05) is 11.3 Å². The van der Waals surface area contributed by atoms with Gasteiger partial charge < -0.3 is 9.72 Å². The first-order chi connectivity index (χ1) is 10.7. The minimum Gasteiger partial charge on any atom is -0.497 e. The lowest BCUT2D eigenvalue weighted by Gasteiger charge is -2.12. The van der Waals surface area contributed by atoms with Crippen LogP contribution in [0, 0.1) is 11.7 Å². The normalized spacial score (nSPS) is 10.5. The van der Waals surface area contributed by atoms with Crippen LogP contribution in [0.1, 0.15) is 5.69 Å². The summed E-state index contributed by atoms with van der Waals surface area (Å²) in [7, 11) is 1.65. The molecule has 0 aliphatic carbocycles. The Hall–Kier alpha value is -2.53. The molecule has 0 saturated heterocycles. The molecule has 2 N–H and O–H groups in total. The van der Waals surface area contributed by atoms with Gasteiger partial charge in [0.05, 0.1) is 18.5 Å². The fourth-order valence-electron chi connectivity index (χ4n) is 2.39. The van der Waals surface area contributed by atoms with E-state index in [1.807, 2.05) is 54.1 Å². The number of hydrogen-bond acceptors (Lipinski definition) is 3. The maximum atomic E-state index is 5.43. The van der Waals surface area contributed by atoms with Crippen LogP contribution in [0.15, 0.2) is 54.6 Å². The molecule has 0 aliphatic rings. The maximum Gasteiger partial charge on any atom is 0.197 e. The van der Waals surface area contributed by atoms with Gasteiger partial charge in [0.15, 0.2) is 4.77 Å². The Morgan fingerprint density at radius 2 is 1.73 bits per heavy atom. The summed E-state index contributed by atoms with van der Waals surface area (Å²) in [4.78, 5) is 3.21. The Morgan fingerprint density at radius 1 is 1.05 bits per heavy atom. The molecule has 5 heteroatoms. The van der Waals surface area contributed by atoms with Gasteiger partial charge in [0.1, 0.15) is 5.75 Å². The van der Waals surface area contributed by atoms with Crippen molar-refractivity contribution in [3.8, 4) is 17.0 Å². The summed E-state index contributed by atoms with van der Waals surface area (Å²) >= 11 is 5.43. The van der Waals surface area contributed by atoms with E-state index in [9.17, 15) is 0 Å². The van der Waals surface area contributed by atoms with E-state index in [1.165, 1.54) is 0 Å². The number of hydrogen-bond donors (Lipinski definition) is 2. The van der Waals surface area contributed by atoms with Gasteiger partial charge in [-0.15, -0.1) is 0 Å². The lowest BCUT2D eigenvalue weighted by molar-refractivity contribution is 0.415. The maximum absolute atomic E-state index is 5.43. The largest absolute Gasteiger partial charge is 0.497 e. The van der Waals surface area contributed by atoms with Gasteiger partial charge in [-0.25, -0.2) is 4.68 Å². The Bertz CT molecular complexity index is 819. The molecule has 0 fully saturated rings. The first kappa shape index (κ1) is 14.4. The first-order valence-corrected chi connectivity index (χ1v) is 7.38. The average molecular weight is 311 g/mol. The fourth-order valence-corrected chi connectivity index (χ4v) is 2.68. The Labute approximate surface area is 134 Å². The molecule has 0 amide bonds. The molecule has 0 atom stereocenters. The van der Waals surface area contributed by atoms with Crippen LogP contribution in [0.5, 0.6) is 5.75 Å². The van der Waals surface area contributed by atoms with Gasteiger partial charge in [-0.3, -0.25) is 5.43 Å². The highest BCUT2D eigenvalue weighted by atomic mass is 32.1. The SMILES string of the molecule is COc1ccc(Nn2c(-c3ccccc3)c(C)[nH]c2=S)cc1. The zero-order valence-electron chi connectivity index (χ0n) is 12.5. The van der Waals surface area contributed by atoms with E-state index in [-0.39, 0.29) is 0 Å². The summed E-state index contributed by atoms with van der Waals surface area (Å²) in [6.45, 7) is 2.02. The molecule has 3 aromatic rings. The van der Waals surface area contributed by atoms with E-state index in [2.05, 4.69) is 22.5 Å². The Kier molecular flexibility index (Phi) is 3.98. The third-order valence-electron chi connectivity index (χ3n) is 3.45. The quantitative estimate of drug-likeness (QED) is 0.702. The summed E-state index contributed by atoms with van der Waals surface area (Å²) in [5, 5.41) is 0. The van der Waals surface area contributed by atoms with Crippen LogP contribution >= 0.6 is 12.2 Å². The molecule has 1 aromatic heterocycles. The van der Waals surface area contributed by atoms with Crippen molar-refractivity contribution < 1.29 is 4.74 Å². The lowest BCUT2D eigenvalue weighted by atomic mass is 10.1. The molecule has 0 unspecified atom stereocenters. The minimum atomic E-state index is 0.632. The van der Waals surface area contributed by atoms with Crippen LogP contribution < -0.4 is 10.2 Å². The molecule has 0 aliphatic heterocycles. The molecule has 22 heavy (non-hydrogen) atoms. The van der Waals surface area contributed by atoms with Crippen molar-refractivity contribution in [2.75, 3.05) is 12.5 Å². The van der Waals surface area contributed by atoms with E-state index in [4.69, 9.17) is 17.0 Å². The zero-order chi connectivity index (χ0) is 15.5. The number of imidazole rings is 1. The van der Waals surface area contributed by atoms with E-state index in [0.717, 1.165) is 28.4 Å². The van der Waals surface area contributed by atoms with Gasteiger partial charge in [-0.1, -0.05) is 30.3 Å². The zero-order valence-corrected chi connectivity index (χ0v) is 13.3. The highest BCUT2D eigenvalue weighted by Crippen LogP contribution is 2.24. The summed E-state index contributed by atoms with van der Waals surface area (Å²) in [5.74, 6) is 0.822. The van der Waals surface area contributed by atoms with Crippen LogP contribution in [0.2, 0.25) is 0 Å². The molecule has 2 aromatic carbocycles. The molecule has 3 rings (SSSR count). The highest BCUT2D eigenvalue weighted by molar-refractivity contribution is 7.71. The lowest BCUT2D eigenvalue weighted by Crippen LogP contribution is -2.10. The second kappa shape index (κ2) is 6.07. The molecule has 4 nitrogen and oxygen atoms in total. The molecule has 1 heterocycles. The van der Waals surface area contributed by atoms with Crippen LogP contribution in [0.4, 0.5) is 5.69 Å². The third-order valence-corrected chi connectivity index (χ3v) is 3.74. The highest BCUT2D eigenvalue weighted by Gasteiger charge is 2.11. The van der Waals surface area contributed by atoms with Gasteiger partial charge >= 0.3 is 0 Å². The number of nitrogens with one attached hydrogen (secondary N) is 2. The van der Waals surface area contributed by atoms with Crippen molar-refractivity contribution in [3.05, 3.63) is 65.1 Å². The van der Waals surface area contributed by atoms with E-state index >= 15 is 0 Å². The van der Waals surface area contributed by atoms with Crippen LogP contribution in [0.25, 0.3) is 11.3 Å². The Balaban J connectivity index is 2.01. The van der Waals surface area contributed by atoms with Gasteiger partial charge in [-0.2, -0.15) is 0 Å². The van der Waals surface area contributed by atoms with Crippen LogP contribution in [-0.2, 0) is 0 Å². The Morgan fingerprint density at radius 3 is 2.36 bits per heavy atom. The monoisotopic (exact) mass is 311 g/mol. The number of rotatable bonds is 4. The average Bonchev–Trinajstić information content (AvgIpc) is 2.83. The standard InChI is InChI=1S/C17H17N3OS/c1-12-16(13-6-4-3-5-7-13)20(17(22)18-12)19-14-8-10-15(21-2)11-9-14/h3-11,19H,1-2H3,(H,18,22). The van der Waals surface area contributed by atoms with Gasteiger partial charge in [0.2, 0.25) is 0 Å². The summed E-state index contributed by atoms with van der Waals surface area (Å²) in [5.41, 5.74) is 7.43. The predicted octanol–water partition coefficient (Wildman–Crippen LogP) is 4.40. The van der Waals surface area contributed by atoms with E-state index < -0.39 is 0 Å². The second-order valence-electron chi connectivity index (χ2n) is 4.95. The van der Waals surface area contributed by atoms with Crippen LogP contribution in [0.3, 0.4) is 0 Å². The number of ether oxygens (including phenoxy) is 1. The third kappa shape index (κ3) is 2.76. The molecular weight excluding hydrogens is 294 g/mol. The number of benzene rings is 2. The van der Waals surface area contributed by atoms with E-state index in [0.29, 0.717) is 4.77 Å². The number of aryl methyl sites for hydroxylation is 1. The van der Waals surface area contributed by atoms with E-state index in [1.54, 1.807) is 7.11 Å². The molecule has 112 valence electrons. The van der Waals surface area contributed by atoms with Crippen molar-refractivity contribution in [1.29, 1.82) is 0 Å². The second-order valence-corrected chi connectivity index (χ2v) is 5.33. The van der Waals surface area contributed by atoms with Crippen molar-refractivity contribution >= 4 is 17.9 Å². The summed E-state index contributed by atoms with van der Waals surface area (Å²) in [6.07, 6.45) is 0.